The molecule has 0 aliphatic carbocycles. The van der Waals surface area contributed by atoms with E-state index in [9.17, 15) is 13.6 Å². The number of hydrogen-bond donors (Lipinski definition) is 3. The number of piperazine rings is 1. The number of nitrogens with two attached hydrogens (primary N) is 1. The molecule has 2 aliphatic heterocycles. The van der Waals surface area contributed by atoms with E-state index in [0.717, 1.165) is 73.2 Å². The molecule has 2 saturated heterocycles. The number of ketones is 1. The second-order valence-corrected chi connectivity index (χ2v) is 12.0. The van der Waals surface area contributed by atoms with Crippen LogP contribution in [0.2, 0.25) is 0 Å². The Kier molecular flexibility index (Phi) is 9.76. The lowest BCUT2D eigenvalue weighted by molar-refractivity contribution is 0.103. The van der Waals surface area contributed by atoms with E-state index in [1.807, 2.05) is 19.2 Å². The molecule has 2 atom stereocenters. The molecule has 1 aromatic carbocycles. The first-order chi connectivity index (χ1) is 18.6. The van der Waals surface area contributed by atoms with Gasteiger partial charge in [-0.1, -0.05) is 30.1 Å². The Hall–Kier alpha value is -2.80. The summed E-state index contributed by atoms with van der Waals surface area (Å²) in [6, 6.07) is 4.24. The molecule has 2 fully saturated rings. The van der Waals surface area contributed by atoms with E-state index in [-0.39, 0.29) is 16.7 Å². The number of piperidine rings is 1. The average molecular weight is 576 g/mol. The van der Waals surface area contributed by atoms with Gasteiger partial charge < -0.3 is 21.3 Å². The molecule has 3 heterocycles. The van der Waals surface area contributed by atoms with E-state index in [1.165, 1.54) is 6.07 Å². The number of allylic oxidation sites excluding steroid dienone is 2. The number of halogens is 2. The van der Waals surface area contributed by atoms with Crippen molar-refractivity contribution in [3.05, 3.63) is 63.7 Å². The highest BCUT2D eigenvalue weighted by Gasteiger charge is 2.26. The molecule has 1 aromatic heterocycles. The number of benzene rings is 1. The third-order valence-corrected chi connectivity index (χ3v) is 8.79. The van der Waals surface area contributed by atoms with Crippen LogP contribution in [0.5, 0.6) is 0 Å². The molecule has 2 aromatic rings. The highest BCUT2D eigenvalue weighted by molar-refractivity contribution is 8.01. The number of thiazole rings is 1. The summed E-state index contributed by atoms with van der Waals surface area (Å²) in [4.78, 5) is 24.9. The van der Waals surface area contributed by atoms with Gasteiger partial charge in [0, 0.05) is 55.4 Å². The van der Waals surface area contributed by atoms with Crippen molar-refractivity contribution in [3.8, 4) is 0 Å². The van der Waals surface area contributed by atoms with Crippen molar-refractivity contribution in [3.63, 3.8) is 0 Å². The number of hydrogen-bond acceptors (Lipinski definition) is 10. The van der Waals surface area contributed by atoms with Gasteiger partial charge in [0.05, 0.1) is 5.56 Å². The summed E-state index contributed by atoms with van der Waals surface area (Å²) >= 11 is 2.69. The van der Waals surface area contributed by atoms with E-state index >= 15 is 0 Å². The van der Waals surface area contributed by atoms with Crippen molar-refractivity contribution in [2.24, 2.45) is 4.99 Å². The molecule has 2 unspecified atom stereocenters. The average Bonchev–Trinajstić information content (AvgIpc) is 3.26. The zero-order valence-electron chi connectivity index (χ0n) is 22.4. The first-order valence-electron chi connectivity index (χ1n) is 13.0. The summed E-state index contributed by atoms with van der Waals surface area (Å²) in [5.74, 6) is -1.91. The van der Waals surface area contributed by atoms with E-state index in [0.29, 0.717) is 17.2 Å². The van der Waals surface area contributed by atoms with Crippen LogP contribution in [-0.2, 0) is 0 Å². The molecule has 0 bridgehead atoms. The van der Waals surface area contributed by atoms with Gasteiger partial charge in [0.15, 0.2) is 5.13 Å². The number of rotatable bonds is 9. The molecule has 12 heteroatoms. The van der Waals surface area contributed by atoms with Crippen LogP contribution < -0.4 is 16.4 Å². The van der Waals surface area contributed by atoms with Crippen molar-refractivity contribution in [1.82, 2.24) is 19.5 Å². The molecule has 4 N–H and O–H groups in total. The number of aromatic nitrogens is 1. The molecular weight excluding hydrogens is 540 g/mol. The maximum absolute atomic E-state index is 14.1. The van der Waals surface area contributed by atoms with E-state index in [1.54, 1.807) is 11.9 Å². The Labute approximate surface area is 236 Å². The third kappa shape index (κ3) is 7.44. The first-order valence-corrected chi connectivity index (χ1v) is 14.6. The van der Waals surface area contributed by atoms with Crippen molar-refractivity contribution in [1.29, 1.82) is 0 Å². The van der Waals surface area contributed by atoms with Gasteiger partial charge >= 0.3 is 0 Å². The minimum atomic E-state index is -0.921. The summed E-state index contributed by atoms with van der Waals surface area (Å²) in [5, 5.41) is 7.32. The summed E-state index contributed by atoms with van der Waals surface area (Å²) in [6.45, 7) is 14.0. The van der Waals surface area contributed by atoms with Gasteiger partial charge in [0.25, 0.3) is 0 Å². The second kappa shape index (κ2) is 13.0. The number of carbonyl (C=O) groups excluding carboxylic acids is 1. The zero-order valence-corrected chi connectivity index (χ0v) is 24.0. The highest BCUT2D eigenvalue weighted by atomic mass is 32.2. The third-order valence-electron chi connectivity index (χ3n) is 6.61. The summed E-state index contributed by atoms with van der Waals surface area (Å²) in [6.07, 6.45) is 5.64. The fraction of sp³-hybridized carbons (Fsp3) is 0.444. The second-order valence-electron chi connectivity index (χ2n) is 9.84. The number of anilines is 2. The van der Waals surface area contributed by atoms with E-state index < -0.39 is 23.0 Å². The smallest absolute Gasteiger partial charge is 0.212 e. The molecule has 0 saturated carbocycles. The monoisotopic (exact) mass is 575 g/mol. The predicted octanol–water partition coefficient (Wildman–Crippen LogP) is 4.89. The fourth-order valence-corrected chi connectivity index (χ4v) is 6.51. The van der Waals surface area contributed by atoms with Crippen LogP contribution in [0.1, 0.15) is 48.8 Å². The molecule has 0 radical (unpaired) electrons. The van der Waals surface area contributed by atoms with Crippen LogP contribution in [0.25, 0.3) is 0 Å². The Bertz CT molecular complexity index is 1230. The lowest BCUT2D eigenvalue weighted by Crippen LogP contribution is -2.53. The minimum Gasteiger partial charge on any atom is -0.382 e. The number of nitrogens with zero attached hydrogens (tertiary/aromatic N) is 4. The normalized spacial score (nSPS) is 21.5. The van der Waals surface area contributed by atoms with Crippen LogP contribution in [0, 0.1) is 11.6 Å². The standard InChI is InChI=1S/C27H35F2N7OS2/c1-5-20(13-31-18(4)35-14-16(2)32-17(3)15-35)39-36-11-9-19(10-12-36)33-27-34-26(30)25(38-27)24(37)23-21(28)7-6-8-22(23)29/h5-8,13,16-17,19,32H,4,9-12,14-15,30H2,1-3H3,(H,33,34)/b20-5+,31-13-. The molecule has 4 rings (SSSR count). The van der Waals surface area contributed by atoms with Gasteiger partial charge in [0.2, 0.25) is 5.78 Å². The molecule has 39 heavy (non-hydrogen) atoms. The Morgan fingerprint density at radius 3 is 2.51 bits per heavy atom. The molecule has 0 spiro atoms. The van der Waals surface area contributed by atoms with Crippen LogP contribution in [0.4, 0.5) is 19.7 Å². The maximum Gasteiger partial charge on any atom is 0.212 e. The van der Waals surface area contributed by atoms with Gasteiger partial charge in [-0.05, 0) is 57.7 Å². The van der Waals surface area contributed by atoms with Crippen LogP contribution >= 0.6 is 23.3 Å². The number of aliphatic imine (C=N–C) groups is 1. The van der Waals surface area contributed by atoms with Crippen LogP contribution in [0.3, 0.4) is 0 Å². The van der Waals surface area contributed by atoms with E-state index in [2.05, 4.69) is 50.2 Å². The zero-order chi connectivity index (χ0) is 28.1. The molecular formula is C27H35F2N7OS2. The number of carbonyl (C=O) groups is 1. The van der Waals surface area contributed by atoms with Gasteiger partial charge in [-0.25, -0.2) is 23.1 Å². The van der Waals surface area contributed by atoms with Crippen molar-refractivity contribution in [2.75, 3.05) is 37.2 Å². The first kappa shape index (κ1) is 29.2. The van der Waals surface area contributed by atoms with E-state index in [4.69, 9.17) is 5.73 Å². The van der Waals surface area contributed by atoms with Gasteiger partial charge in [-0.3, -0.25) is 4.79 Å². The summed E-state index contributed by atoms with van der Waals surface area (Å²) < 4.78 is 30.5. The van der Waals surface area contributed by atoms with Gasteiger partial charge in [0.1, 0.15) is 28.2 Å². The topological polar surface area (TPSA) is 98.9 Å². The van der Waals surface area contributed by atoms with Gasteiger partial charge in [-0.15, -0.1) is 0 Å². The van der Waals surface area contributed by atoms with Crippen LogP contribution in [-0.4, -0.2) is 70.5 Å². The van der Waals surface area contributed by atoms with Crippen LogP contribution in [0.15, 0.2) is 46.6 Å². The van der Waals surface area contributed by atoms with Crippen molar-refractivity contribution >= 4 is 46.2 Å². The molecule has 0 amide bonds. The quantitative estimate of drug-likeness (QED) is 0.221. The fourth-order valence-electron chi connectivity index (χ4n) is 4.71. The van der Waals surface area contributed by atoms with Gasteiger partial charge in [-0.2, -0.15) is 0 Å². The maximum atomic E-state index is 14.1. The SMILES string of the molecule is C=C(/N=C\C(=C/C)SN1CCC(Nc2nc(N)c(C(=O)c3c(F)cccc3F)s2)CC1)N1CC(C)NC(C)C1. The lowest BCUT2D eigenvalue weighted by Gasteiger charge is -2.37. The van der Waals surface area contributed by atoms with Crippen molar-refractivity contribution < 1.29 is 13.6 Å². The molecule has 210 valence electrons. The number of nitrogen functional groups attached to an aromatic ring is 1. The largest absolute Gasteiger partial charge is 0.382 e. The van der Waals surface area contributed by atoms with Crippen molar-refractivity contribution in [2.45, 2.75) is 51.7 Å². The Balaban J connectivity index is 1.28. The lowest BCUT2D eigenvalue weighted by atomic mass is 10.1. The predicted molar refractivity (Wildman–Crippen MR) is 157 cm³/mol. The Morgan fingerprint density at radius 2 is 1.90 bits per heavy atom. The summed E-state index contributed by atoms with van der Waals surface area (Å²) in [5.41, 5.74) is 5.32. The number of nitrogens with one attached hydrogen (secondary N) is 2. The molecule has 8 nitrogen and oxygen atoms in total. The summed E-state index contributed by atoms with van der Waals surface area (Å²) in [7, 11) is 0. The Morgan fingerprint density at radius 1 is 1.26 bits per heavy atom. The highest BCUT2D eigenvalue weighted by Crippen LogP contribution is 2.31. The minimum absolute atomic E-state index is 0.0258. The molecule has 2 aliphatic rings.